The van der Waals surface area contributed by atoms with Crippen molar-refractivity contribution in [3.63, 3.8) is 0 Å². The minimum absolute atomic E-state index is 0.115. The highest BCUT2D eigenvalue weighted by Crippen LogP contribution is 2.28. The topological polar surface area (TPSA) is 98.2 Å². The lowest BCUT2D eigenvalue weighted by Gasteiger charge is -2.36. The van der Waals surface area contributed by atoms with Crippen molar-refractivity contribution >= 4 is 33.2 Å². The predicted octanol–water partition coefficient (Wildman–Crippen LogP) is 1.90. The summed E-state index contributed by atoms with van der Waals surface area (Å²) < 4.78 is 27.3. The van der Waals surface area contributed by atoms with Crippen molar-refractivity contribution in [3.8, 4) is 5.75 Å². The van der Waals surface area contributed by atoms with Gasteiger partial charge in [-0.2, -0.15) is 4.31 Å². The summed E-state index contributed by atoms with van der Waals surface area (Å²) in [6, 6.07) is 7.55. The van der Waals surface area contributed by atoms with Crippen LogP contribution in [-0.2, 0) is 14.8 Å². The molecule has 2 aliphatic heterocycles. The number of phenols is 1. The van der Waals surface area contributed by atoms with Crippen molar-refractivity contribution < 1.29 is 23.1 Å². The molecule has 1 N–H and O–H groups in total. The lowest BCUT2D eigenvalue weighted by atomic mass is 10.1. The first kappa shape index (κ1) is 21.8. The summed E-state index contributed by atoms with van der Waals surface area (Å²) in [5, 5.41) is 11.9. The van der Waals surface area contributed by atoms with Crippen LogP contribution >= 0.6 is 11.3 Å². The average Bonchev–Trinajstić information content (AvgIpc) is 3.47. The van der Waals surface area contributed by atoms with Crippen LogP contribution in [0.1, 0.15) is 28.1 Å². The number of rotatable bonds is 4. The molecule has 2 amide bonds. The molecule has 8 nitrogen and oxygen atoms in total. The molecule has 2 aromatic rings. The second-order valence-electron chi connectivity index (χ2n) is 7.83. The van der Waals surface area contributed by atoms with Gasteiger partial charge < -0.3 is 14.9 Å². The molecule has 4 rings (SSSR count). The Morgan fingerprint density at radius 1 is 1.10 bits per heavy atom. The van der Waals surface area contributed by atoms with Gasteiger partial charge in [0.1, 0.15) is 16.7 Å². The largest absolute Gasteiger partial charge is 0.507 e. The molecule has 10 heteroatoms. The molecule has 0 spiro atoms. The maximum atomic E-state index is 13.1. The number of benzene rings is 1. The third-order valence-corrected chi connectivity index (χ3v) is 8.60. The number of aromatic hydroxyl groups is 1. The fraction of sp³-hybridized carbons (Fsp3) is 0.429. The van der Waals surface area contributed by atoms with E-state index < -0.39 is 16.1 Å². The molecular formula is C21H25N3O5S2. The molecule has 3 heterocycles. The van der Waals surface area contributed by atoms with Crippen LogP contribution in [0.15, 0.2) is 40.6 Å². The van der Waals surface area contributed by atoms with Crippen molar-refractivity contribution in [2.45, 2.75) is 30.7 Å². The van der Waals surface area contributed by atoms with Crippen LogP contribution in [0.4, 0.5) is 0 Å². The van der Waals surface area contributed by atoms with Crippen LogP contribution in [0.5, 0.6) is 5.75 Å². The van der Waals surface area contributed by atoms with E-state index in [1.807, 2.05) is 11.4 Å². The fourth-order valence-corrected chi connectivity index (χ4v) is 6.40. The third kappa shape index (κ3) is 4.19. The Morgan fingerprint density at radius 3 is 2.52 bits per heavy atom. The summed E-state index contributed by atoms with van der Waals surface area (Å²) in [7, 11) is -3.85. The van der Waals surface area contributed by atoms with Crippen LogP contribution in [-0.4, -0.2) is 78.2 Å². The molecule has 1 aromatic carbocycles. The predicted molar refractivity (Wildman–Crippen MR) is 117 cm³/mol. The molecule has 0 saturated carbocycles. The average molecular weight is 464 g/mol. The first-order valence-corrected chi connectivity index (χ1v) is 12.5. The lowest BCUT2D eigenvalue weighted by molar-refractivity contribution is -0.136. The second kappa shape index (κ2) is 8.60. The molecule has 1 aromatic heterocycles. The first-order chi connectivity index (χ1) is 14.8. The number of carbonyl (C=O) groups excluding carboxylic acids is 2. The Kier molecular flexibility index (Phi) is 6.05. The van der Waals surface area contributed by atoms with E-state index in [2.05, 4.69) is 0 Å². The summed E-state index contributed by atoms with van der Waals surface area (Å²) in [6.45, 7) is 3.11. The van der Waals surface area contributed by atoms with Gasteiger partial charge in [0.05, 0.1) is 4.88 Å². The Balaban J connectivity index is 1.43. The number of aryl methyl sites for hydroxylation is 1. The number of thiophene rings is 1. The highest BCUT2D eigenvalue weighted by atomic mass is 32.2. The van der Waals surface area contributed by atoms with Crippen LogP contribution in [0.25, 0.3) is 0 Å². The standard InChI is InChI=1S/C21H25N3O5S2/c1-15-6-7-17(25)19(14-15)31(28,29)23-11-9-22(10-12-23)20(26)16-4-2-8-24(16)21(27)18-5-3-13-30-18/h3,5-7,13-14,16,25H,2,4,8-12H2,1H3/t16-/m1/s1. The zero-order valence-electron chi connectivity index (χ0n) is 17.2. The van der Waals surface area contributed by atoms with Gasteiger partial charge in [0.15, 0.2) is 0 Å². The van der Waals surface area contributed by atoms with Gasteiger partial charge in [0.25, 0.3) is 5.91 Å². The first-order valence-electron chi connectivity index (χ1n) is 10.2. The SMILES string of the molecule is Cc1ccc(O)c(S(=O)(=O)N2CCN(C(=O)[C@H]3CCCN3C(=O)c3cccs3)CC2)c1. The van der Waals surface area contributed by atoms with Gasteiger partial charge in [-0.1, -0.05) is 12.1 Å². The van der Waals surface area contributed by atoms with Crippen LogP contribution in [0.3, 0.4) is 0 Å². The molecule has 2 fully saturated rings. The number of phenolic OH excluding ortho intramolecular Hbond substituents is 1. The fourth-order valence-electron chi connectivity index (χ4n) is 4.13. The van der Waals surface area contributed by atoms with Crippen molar-refractivity contribution in [3.05, 3.63) is 46.2 Å². The minimum atomic E-state index is -3.85. The van der Waals surface area contributed by atoms with Crippen LogP contribution < -0.4 is 0 Å². The van der Waals surface area contributed by atoms with Gasteiger partial charge in [-0.05, 0) is 48.9 Å². The maximum Gasteiger partial charge on any atom is 0.264 e. The molecule has 0 unspecified atom stereocenters. The summed E-state index contributed by atoms with van der Waals surface area (Å²) in [4.78, 5) is 29.7. The van der Waals surface area contributed by atoms with Crippen LogP contribution in [0, 0.1) is 6.92 Å². The summed E-state index contributed by atoms with van der Waals surface area (Å²) in [5.41, 5.74) is 0.738. The molecule has 166 valence electrons. The van der Waals surface area contributed by atoms with Crippen molar-refractivity contribution in [2.24, 2.45) is 0 Å². The van der Waals surface area contributed by atoms with Crippen molar-refractivity contribution in [1.82, 2.24) is 14.1 Å². The number of likely N-dealkylation sites (tertiary alicyclic amines) is 1. The Morgan fingerprint density at radius 2 is 1.84 bits per heavy atom. The lowest BCUT2D eigenvalue weighted by Crippen LogP contribution is -2.55. The van der Waals surface area contributed by atoms with E-state index in [-0.39, 0.29) is 48.6 Å². The molecule has 0 radical (unpaired) electrons. The molecule has 2 saturated heterocycles. The number of hydrogen-bond donors (Lipinski definition) is 1. The highest BCUT2D eigenvalue weighted by molar-refractivity contribution is 7.89. The van der Waals surface area contributed by atoms with E-state index in [4.69, 9.17) is 0 Å². The number of nitrogens with zero attached hydrogens (tertiary/aromatic N) is 3. The summed E-state index contributed by atoms with van der Waals surface area (Å²) >= 11 is 1.36. The summed E-state index contributed by atoms with van der Waals surface area (Å²) in [5.74, 6) is -0.530. The summed E-state index contributed by atoms with van der Waals surface area (Å²) in [6.07, 6.45) is 1.39. The van der Waals surface area contributed by atoms with E-state index in [9.17, 15) is 23.1 Å². The van der Waals surface area contributed by atoms with Gasteiger partial charge in [-0.15, -0.1) is 11.3 Å². The van der Waals surface area contributed by atoms with Crippen molar-refractivity contribution in [1.29, 1.82) is 0 Å². The zero-order valence-corrected chi connectivity index (χ0v) is 18.9. The van der Waals surface area contributed by atoms with E-state index in [1.54, 1.807) is 28.9 Å². The molecule has 0 bridgehead atoms. The normalized spacial score (nSPS) is 20.2. The van der Waals surface area contributed by atoms with Gasteiger partial charge in [-0.25, -0.2) is 8.42 Å². The van der Waals surface area contributed by atoms with Gasteiger partial charge in [0, 0.05) is 32.7 Å². The molecule has 0 aliphatic carbocycles. The molecule has 31 heavy (non-hydrogen) atoms. The van der Waals surface area contributed by atoms with Gasteiger partial charge >= 0.3 is 0 Å². The van der Waals surface area contributed by atoms with Gasteiger partial charge in [0.2, 0.25) is 15.9 Å². The monoisotopic (exact) mass is 463 g/mol. The minimum Gasteiger partial charge on any atom is -0.507 e. The highest BCUT2D eigenvalue weighted by Gasteiger charge is 2.39. The number of sulfonamides is 1. The number of piperazine rings is 1. The number of hydrogen-bond acceptors (Lipinski definition) is 6. The Labute approximate surface area is 185 Å². The van der Waals surface area contributed by atoms with Crippen molar-refractivity contribution in [2.75, 3.05) is 32.7 Å². The van der Waals surface area contributed by atoms with E-state index in [0.717, 1.165) is 12.0 Å². The Hall–Kier alpha value is -2.43. The number of carbonyl (C=O) groups is 2. The molecular weight excluding hydrogens is 438 g/mol. The maximum absolute atomic E-state index is 13.1. The second-order valence-corrected chi connectivity index (χ2v) is 10.7. The number of amides is 2. The molecule has 2 aliphatic rings. The van der Waals surface area contributed by atoms with Gasteiger partial charge in [-0.3, -0.25) is 9.59 Å². The Bertz CT molecular complexity index is 1080. The van der Waals surface area contributed by atoms with Crippen LogP contribution in [0.2, 0.25) is 0 Å². The quantitative estimate of drug-likeness (QED) is 0.747. The third-order valence-electron chi connectivity index (χ3n) is 5.81. The van der Waals surface area contributed by atoms with E-state index in [0.29, 0.717) is 17.8 Å². The van der Waals surface area contributed by atoms with E-state index in [1.165, 1.54) is 27.8 Å². The smallest absolute Gasteiger partial charge is 0.264 e. The zero-order chi connectivity index (χ0) is 22.2. The molecule has 1 atom stereocenters. The van der Waals surface area contributed by atoms with E-state index >= 15 is 0 Å².